The summed E-state index contributed by atoms with van der Waals surface area (Å²) < 4.78 is 0. The molecule has 2 aromatic rings. The highest BCUT2D eigenvalue weighted by atomic mass is 35.5. The molecule has 0 aliphatic heterocycles. The summed E-state index contributed by atoms with van der Waals surface area (Å²) in [5.41, 5.74) is 0. The molecule has 0 radical (unpaired) electrons. The second kappa shape index (κ2) is 3.69. The number of fused-ring (bicyclic) bond motifs is 1. The zero-order valence-corrected chi connectivity index (χ0v) is 9.08. The molecule has 0 fully saturated rings. The van der Waals surface area contributed by atoms with Crippen molar-refractivity contribution in [1.29, 1.82) is 0 Å². The van der Waals surface area contributed by atoms with Crippen molar-refractivity contribution in [3.63, 3.8) is 0 Å². The van der Waals surface area contributed by atoms with Crippen LogP contribution in [0.4, 0.5) is 0 Å². The molecule has 2 rings (SSSR count). The molecule has 0 unspecified atom stereocenters. The van der Waals surface area contributed by atoms with Crippen LogP contribution in [0.5, 0.6) is 0 Å². The first kappa shape index (κ1) is 9.04. The van der Waals surface area contributed by atoms with Gasteiger partial charge in [0.15, 0.2) is 0 Å². The summed E-state index contributed by atoms with van der Waals surface area (Å²) in [6.45, 7) is 2.21. The Morgan fingerprint density at radius 2 is 2.23 bits per heavy atom. The lowest BCUT2D eigenvalue weighted by atomic mass is 10.1. The van der Waals surface area contributed by atoms with E-state index < -0.39 is 0 Å². The van der Waals surface area contributed by atoms with Crippen molar-refractivity contribution in [2.75, 3.05) is 0 Å². The van der Waals surface area contributed by atoms with E-state index in [1.165, 1.54) is 28.5 Å². The third-order valence-corrected chi connectivity index (χ3v) is 3.43. The SMILES string of the molecule is CCCc1scc2cc(Cl)ccc12. The van der Waals surface area contributed by atoms with Crippen molar-refractivity contribution in [3.05, 3.63) is 33.5 Å². The minimum absolute atomic E-state index is 0.827. The van der Waals surface area contributed by atoms with E-state index in [-0.39, 0.29) is 0 Å². The van der Waals surface area contributed by atoms with Gasteiger partial charge in [-0.2, -0.15) is 0 Å². The molecule has 1 aromatic heterocycles. The summed E-state index contributed by atoms with van der Waals surface area (Å²) in [5, 5.41) is 5.66. The van der Waals surface area contributed by atoms with Gasteiger partial charge in [0.05, 0.1) is 0 Å². The first-order valence-electron chi connectivity index (χ1n) is 4.47. The number of rotatable bonds is 2. The van der Waals surface area contributed by atoms with Gasteiger partial charge in [0.1, 0.15) is 0 Å². The number of hydrogen-bond acceptors (Lipinski definition) is 1. The monoisotopic (exact) mass is 210 g/mol. The van der Waals surface area contributed by atoms with Crippen LogP contribution in [0.2, 0.25) is 5.02 Å². The lowest BCUT2D eigenvalue weighted by molar-refractivity contribution is 0.946. The Morgan fingerprint density at radius 3 is 3.00 bits per heavy atom. The molecule has 0 aliphatic carbocycles. The van der Waals surface area contributed by atoms with Crippen LogP contribution in [0.25, 0.3) is 10.8 Å². The molecule has 0 aliphatic rings. The van der Waals surface area contributed by atoms with Crippen LogP contribution in [0.1, 0.15) is 18.2 Å². The van der Waals surface area contributed by atoms with Gasteiger partial charge in [-0.3, -0.25) is 0 Å². The fourth-order valence-electron chi connectivity index (χ4n) is 1.50. The van der Waals surface area contributed by atoms with E-state index in [0.717, 1.165) is 5.02 Å². The summed E-state index contributed by atoms with van der Waals surface area (Å²) >= 11 is 7.75. The third-order valence-electron chi connectivity index (χ3n) is 2.12. The largest absolute Gasteiger partial charge is 0.148 e. The fourth-order valence-corrected chi connectivity index (χ4v) is 2.78. The maximum absolute atomic E-state index is 5.91. The fraction of sp³-hybridized carbons (Fsp3) is 0.273. The highest BCUT2D eigenvalue weighted by Crippen LogP contribution is 2.28. The molecular weight excluding hydrogens is 200 g/mol. The van der Waals surface area contributed by atoms with Crippen LogP contribution in [-0.4, -0.2) is 0 Å². The Hall–Kier alpha value is -0.530. The molecule has 0 atom stereocenters. The quantitative estimate of drug-likeness (QED) is 0.685. The Labute approximate surface area is 87.2 Å². The van der Waals surface area contributed by atoms with Crippen molar-refractivity contribution in [2.24, 2.45) is 0 Å². The van der Waals surface area contributed by atoms with Gasteiger partial charge in [-0.15, -0.1) is 11.3 Å². The van der Waals surface area contributed by atoms with E-state index in [2.05, 4.69) is 18.4 Å². The number of benzene rings is 1. The average molecular weight is 211 g/mol. The molecule has 1 heterocycles. The standard InChI is InChI=1S/C11H11ClS/c1-2-3-11-10-5-4-9(12)6-8(10)7-13-11/h4-7H,2-3H2,1H3. The van der Waals surface area contributed by atoms with Crippen LogP contribution < -0.4 is 0 Å². The molecule has 0 saturated heterocycles. The van der Waals surface area contributed by atoms with Gasteiger partial charge < -0.3 is 0 Å². The molecule has 1 aromatic carbocycles. The third kappa shape index (κ3) is 1.72. The lowest BCUT2D eigenvalue weighted by Gasteiger charge is -1.95. The Balaban J connectivity index is 2.55. The van der Waals surface area contributed by atoms with E-state index in [1.54, 1.807) is 0 Å². The molecule has 0 bridgehead atoms. The molecule has 0 saturated carbocycles. The van der Waals surface area contributed by atoms with Crippen LogP contribution in [0.3, 0.4) is 0 Å². The van der Waals surface area contributed by atoms with Gasteiger partial charge in [0, 0.05) is 9.90 Å². The van der Waals surface area contributed by atoms with Crippen molar-refractivity contribution in [3.8, 4) is 0 Å². The van der Waals surface area contributed by atoms with Gasteiger partial charge >= 0.3 is 0 Å². The summed E-state index contributed by atoms with van der Waals surface area (Å²) in [7, 11) is 0. The summed E-state index contributed by atoms with van der Waals surface area (Å²) in [6.07, 6.45) is 2.38. The smallest absolute Gasteiger partial charge is 0.0412 e. The number of aryl methyl sites for hydroxylation is 1. The second-order valence-corrected chi connectivity index (χ2v) is 4.54. The average Bonchev–Trinajstić information content (AvgIpc) is 2.49. The summed E-state index contributed by atoms with van der Waals surface area (Å²) in [4.78, 5) is 1.48. The van der Waals surface area contributed by atoms with E-state index in [0.29, 0.717) is 0 Å². The zero-order valence-electron chi connectivity index (χ0n) is 7.51. The van der Waals surface area contributed by atoms with E-state index in [1.807, 2.05) is 23.5 Å². The van der Waals surface area contributed by atoms with Gasteiger partial charge in [-0.1, -0.05) is 31.0 Å². The molecule has 0 nitrogen and oxygen atoms in total. The summed E-state index contributed by atoms with van der Waals surface area (Å²) in [5.74, 6) is 0. The summed E-state index contributed by atoms with van der Waals surface area (Å²) in [6, 6.07) is 6.13. The van der Waals surface area contributed by atoms with E-state index in [4.69, 9.17) is 11.6 Å². The molecule has 13 heavy (non-hydrogen) atoms. The Bertz CT molecular complexity index is 417. The number of thiophene rings is 1. The highest BCUT2D eigenvalue weighted by Gasteiger charge is 2.02. The van der Waals surface area contributed by atoms with Gasteiger partial charge in [0.2, 0.25) is 0 Å². The van der Waals surface area contributed by atoms with Crippen molar-refractivity contribution < 1.29 is 0 Å². The van der Waals surface area contributed by atoms with Gasteiger partial charge in [-0.05, 0) is 34.7 Å². The molecule has 0 spiro atoms. The molecule has 0 N–H and O–H groups in total. The van der Waals surface area contributed by atoms with Gasteiger partial charge in [-0.25, -0.2) is 0 Å². The Morgan fingerprint density at radius 1 is 1.38 bits per heavy atom. The predicted molar refractivity (Wildman–Crippen MR) is 60.8 cm³/mol. The zero-order chi connectivity index (χ0) is 9.26. The molecule has 68 valence electrons. The molecule has 2 heteroatoms. The minimum Gasteiger partial charge on any atom is -0.148 e. The number of halogens is 1. The maximum Gasteiger partial charge on any atom is 0.0412 e. The van der Waals surface area contributed by atoms with Crippen LogP contribution >= 0.6 is 22.9 Å². The highest BCUT2D eigenvalue weighted by molar-refractivity contribution is 7.11. The van der Waals surface area contributed by atoms with E-state index >= 15 is 0 Å². The Kier molecular flexibility index (Phi) is 2.56. The van der Waals surface area contributed by atoms with Gasteiger partial charge in [0.25, 0.3) is 0 Å². The van der Waals surface area contributed by atoms with Crippen LogP contribution in [0.15, 0.2) is 23.6 Å². The molecule has 0 amide bonds. The van der Waals surface area contributed by atoms with E-state index in [9.17, 15) is 0 Å². The first-order valence-corrected chi connectivity index (χ1v) is 5.72. The van der Waals surface area contributed by atoms with Crippen molar-refractivity contribution in [2.45, 2.75) is 19.8 Å². The second-order valence-electron chi connectivity index (χ2n) is 3.14. The predicted octanol–water partition coefficient (Wildman–Crippen LogP) is 4.51. The van der Waals surface area contributed by atoms with Crippen LogP contribution in [0, 0.1) is 0 Å². The topological polar surface area (TPSA) is 0 Å². The van der Waals surface area contributed by atoms with Crippen LogP contribution in [-0.2, 0) is 6.42 Å². The molecular formula is C11H11ClS. The van der Waals surface area contributed by atoms with Crippen molar-refractivity contribution in [1.82, 2.24) is 0 Å². The normalized spacial score (nSPS) is 10.9. The minimum atomic E-state index is 0.827. The van der Waals surface area contributed by atoms with Crippen molar-refractivity contribution >= 4 is 33.7 Å². The first-order chi connectivity index (χ1) is 6.31. The maximum atomic E-state index is 5.91. The number of hydrogen-bond donors (Lipinski definition) is 0. The lowest BCUT2D eigenvalue weighted by Crippen LogP contribution is -1.76.